The molecule has 6 aromatic rings. The fourth-order valence-electron chi connectivity index (χ4n) is 4.79. The largest absolute Gasteiger partial charge is 0.501 e. The van der Waals surface area contributed by atoms with Gasteiger partial charge in [-0.2, -0.15) is 0 Å². The second kappa shape index (κ2) is 11.6. The van der Waals surface area contributed by atoms with Gasteiger partial charge in [0.1, 0.15) is 5.58 Å². The molecule has 5 heteroatoms. The smallest absolute Gasteiger partial charge is 0.120 e. The van der Waals surface area contributed by atoms with E-state index in [0.717, 1.165) is 45.0 Å². The Hall–Kier alpha value is -3.37. The van der Waals surface area contributed by atoms with Gasteiger partial charge in [0.05, 0.1) is 13.7 Å². The molecule has 3 aromatic heterocycles. The Kier molecular flexibility index (Phi) is 8.18. The summed E-state index contributed by atoms with van der Waals surface area (Å²) in [5.74, 6) is 0.725. The summed E-state index contributed by atoms with van der Waals surface area (Å²) in [5, 5.41) is 3.81. The summed E-state index contributed by atoms with van der Waals surface area (Å²) in [4.78, 5) is 9.02. The number of furan rings is 1. The van der Waals surface area contributed by atoms with Crippen molar-refractivity contribution in [1.82, 2.24) is 9.97 Å². The van der Waals surface area contributed by atoms with Crippen LogP contribution in [0.5, 0.6) is 0 Å². The molecule has 0 aliphatic heterocycles. The van der Waals surface area contributed by atoms with Gasteiger partial charge in [0, 0.05) is 37.9 Å². The maximum absolute atomic E-state index is 6.24. The van der Waals surface area contributed by atoms with Crippen molar-refractivity contribution in [2.75, 3.05) is 0 Å². The summed E-state index contributed by atoms with van der Waals surface area (Å²) in [6.45, 7) is 9.16. The van der Waals surface area contributed by atoms with Crippen molar-refractivity contribution in [3.63, 3.8) is 0 Å². The molecule has 0 bridgehead atoms. The molecule has 0 saturated heterocycles. The molecule has 1 saturated carbocycles. The van der Waals surface area contributed by atoms with Gasteiger partial charge in [0.15, 0.2) is 0 Å². The van der Waals surface area contributed by atoms with Crippen LogP contribution in [-0.4, -0.2) is 18.0 Å². The first-order valence-electron chi connectivity index (χ1n) is 13.6. The summed E-state index contributed by atoms with van der Waals surface area (Å²) in [5.41, 5.74) is 8.28. The molecule has 7 rings (SSSR count). The van der Waals surface area contributed by atoms with E-state index in [9.17, 15) is 0 Å². The van der Waals surface area contributed by atoms with Crippen LogP contribution in [0.1, 0.15) is 29.9 Å². The summed E-state index contributed by atoms with van der Waals surface area (Å²) in [6.07, 6.45) is 6.49. The van der Waals surface area contributed by atoms with Crippen molar-refractivity contribution in [2.45, 2.75) is 45.3 Å². The van der Waals surface area contributed by atoms with Crippen LogP contribution in [0.25, 0.3) is 44.5 Å². The number of aromatic nitrogens is 2. The number of aryl methyl sites for hydroxylation is 1. The molecule has 40 heavy (non-hydrogen) atoms. The third-order valence-electron chi connectivity index (χ3n) is 7.28. The van der Waals surface area contributed by atoms with Gasteiger partial charge < -0.3 is 14.4 Å². The molecule has 3 nitrogen and oxygen atoms in total. The Labute approximate surface area is 251 Å². The van der Waals surface area contributed by atoms with Crippen LogP contribution in [0.2, 0.25) is 19.6 Å². The Balaban J connectivity index is 0.000000195. The molecular formula is C35H32IrN2OSi-2. The van der Waals surface area contributed by atoms with Crippen molar-refractivity contribution >= 4 is 35.2 Å². The van der Waals surface area contributed by atoms with Crippen LogP contribution in [-0.2, 0) is 20.1 Å². The average Bonchev–Trinajstić information content (AvgIpc) is 3.74. The van der Waals surface area contributed by atoms with Crippen LogP contribution in [0, 0.1) is 19.1 Å². The van der Waals surface area contributed by atoms with Gasteiger partial charge in [0.2, 0.25) is 0 Å². The minimum atomic E-state index is -1.36. The van der Waals surface area contributed by atoms with E-state index in [2.05, 4.69) is 79.2 Å². The minimum Gasteiger partial charge on any atom is -0.501 e. The number of hydrogen-bond acceptors (Lipinski definition) is 3. The second-order valence-electron chi connectivity index (χ2n) is 11.4. The van der Waals surface area contributed by atoms with E-state index in [1.165, 1.54) is 34.5 Å². The van der Waals surface area contributed by atoms with E-state index in [4.69, 9.17) is 9.40 Å². The quantitative estimate of drug-likeness (QED) is 0.135. The maximum atomic E-state index is 6.24. The zero-order valence-corrected chi connectivity index (χ0v) is 26.7. The van der Waals surface area contributed by atoms with Crippen molar-refractivity contribution in [3.05, 3.63) is 115 Å². The molecule has 1 radical (unpaired) electrons. The number of hydrogen-bond donors (Lipinski definition) is 0. The summed E-state index contributed by atoms with van der Waals surface area (Å²) in [6, 6.07) is 33.5. The standard InChI is InChI=1S/C23H22NOSi.C12H10N.Ir/c1-26(2,3)17-10-12-22-20(13-17)18-5-4-6-19(23(18)25-22)21-11-9-16(14-24-21)15-7-8-15;1-10-7-8-12(13-9-10)11-5-3-2-4-6-11;/h4-5,9-15H,7-8H2,1-3H3;2-5,7-9H,1H3;/q2*-1;. The topological polar surface area (TPSA) is 38.9 Å². The molecule has 0 atom stereocenters. The van der Waals surface area contributed by atoms with E-state index in [0.29, 0.717) is 0 Å². The number of pyridine rings is 2. The predicted molar refractivity (Wildman–Crippen MR) is 164 cm³/mol. The van der Waals surface area contributed by atoms with E-state index in [-0.39, 0.29) is 20.1 Å². The van der Waals surface area contributed by atoms with Gasteiger partial charge >= 0.3 is 0 Å². The van der Waals surface area contributed by atoms with E-state index < -0.39 is 8.07 Å². The number of rotatable bonds is 4. The number of fused-ring (bicyclic) bond motifs is 3. The normalized spacial score (nSPS) is 13.0. The Morgan fingerprint density at radius 1 is 0.800 bits per heavy atom. The van der Waals surface area contributed by atoms with Gasteiger partial charge in [-0.15, -0.1) is 54.1 Å². The first-order valence-corrected chi connectivity index (χ1v) is 17.1. The monoisotopic (exact) mass is 717 g/mol. The third-order valence-corrected chi connectivity index (χ3v) is 9.33. The first kappa shape index (κ1) is 28.2. The third kappa shape index (κ3) is 6.02. The van der Waals surface area contributed by atoms with Gasteiger partial charge in [-0.3, -0.25) is 0 Å². The fourth-order valence-corrected chi connectivity index (χ4v) is 5.95. The summed E-state index contributed by atoms with van der Waals surface area (Å²) < 4.78 is 6.24. The molecule has 1 aliphatic rings. The van der Waals surface area contributed by atoms with Crippen LogP contribution in [0.3, 0.4) is 0 Å². The molecule has 0 N–H and O–H groups in total. The molecule has 0 spiro atoms. The van der Waals surface area contributed by atoms with E-state index in [1.54, 1.807) is 0 Å². The Morgan fingerprint density at radius 3 is 2.25 bits per heavy atom. The zero-order valence-electron chi connectivity index (χ0n) is 23.3. The predicted octanol–water partition coefficient (Wildman–Crippen LogP) is 8.73. The number of benzene rings is 3. The maximum Gasteiger partial charge on any atom is 0.120 e. The first-order chi connectivity index (χ1) is 18.9. The molecule has 1 aliphatic carbocycles. The molecule has 3 aromatic carbocycles. The zero-order chi connectivity index (χ0) is 27.0. The molecule has 203 valence electrons. The van der Waals surface area contributed by atoms with Crippen molar-refractivity contribution in [2.24, 2.45) is 0 Å². The fraction of sp³-hybridized carbons (Fsp3) is 0.200. The van der Waals surface area contributed by atoms with Crippen LogP contribution >= 0.6 is 0 Å². The SMILES string of the molecule is C[Si](C)(C)c1ccc2oc3c(-c4ccc(C5CC5)cn4)[c-]ccc3c2c1.Cc1ccc(-c2[c-]cccc2)nc1.[Ir]. The van der Waals surface area contributed by atoms with Crippen LogP contribution in [0.4, 0.5) is 0 Å². The molecule has 0 unspecified atom stereocenters. The molecule has 0 amide bonds. The van der Waals surface area contributed by atoms with Crippen LogP contribution in [0.15, 0.2) is 95.7 Å². The van der Waals surface area contributed by atoms with Crippen LogP contribution < -0.4 is 5.19 Å². The second-order valence-corrected chi connectivity index (χ2v) is 16.5. The molecule has 1 fully saturated rings. The Morgan fingerprint density at radius 2 is 1.60 bits per heavy atom. The average molecular weight is 717 g/mol. The van der Waals surface area contributed by atoms with Gasteiger partial charge in [-0.1, -0.05) is 72.2 Å². The molecular weight excluding hydrogens is 685 g/mol. The van der Waals surface area contributed by atoms with Gasteiger partial charge in [-0.25, -0.2) is 0 Å². The van der Waals surface area contributed by atoms with Crippen molar-refractivity contribution in [1.29, 1.82) is 0 Å². The Bertz CT molecular complexity index is 1730. The van der Waals surface area contributed by atoms with Gasteiger partial charge in [0.25, 0.3) is 0 Å². The number of nitrogens with zero attached hydrogens (tertiary/aromatic N) is 2. The molecule has 3 heterocycles. The van der Waals surface area contributed by atoms with E-state index in [1.807, 2.05) is 55.7 Å². The van der Waals surface area contributed by atoms with Crippen molar-refractivity contribution < 1.29 is 24.5 Å². The van der Waals surface area contributed by atoms with Gasteiger partial charge in [-0.05, 0) is 54.3 Å². The minimum absolute atomic E-state index is 0. The van der Waals surface area contributed by atoms with E-state index >= 15 is 0 Å². The van der Waals surface area contributed by atoms with Crippen molar-refractivity contribution in [3.8, 4) is 22.5 Å². The summed E-state index contributed by atoms with van der Waals surface area (Å²) >= 11 is 0. The summed E-state index contributed by atoms with van der Waals surface area (Å²) in [7, 11) is -1.36.